The zero-order valence-corrected chi connectivity index (χ0v) is 16.5. The van der Waals surface area contributed by atoms with Gasteiger partial charge in [-0.15, -0.1) is 0 Å². The maximum Gasteiger partial charge on any atom is 0.223 e. The third-order valence-electron chi connectivity index (χ3n) is 5.02. The molecule has 1 aromatic carbocycles. The maximum atomic E-state index is 11.7. The first-order chi connectivity index (χ1) is 14.4. The molecule has 2 fully saturated rings. The molecule has 0 saturated carbocycles. The number of carbonyl (C=O) groups excluding carboxylic acids is 2. The zero-order valence-electron chi connectivity index (χ0n) is 16.5. The molecule has 2 aliphatic heterocycles. The SMILES string of the molecule is CC(=O)NC1C(Oc2ccc(C(C)=O)cc2)OC2COC(c3ccco3)OC2C1O. The number of fused-ring (bicyclic) bond motifs is 1. The molecule has 2 aliphatic rings. The topological polar surface area (TPSA) is 116 Å². The minimum atomic E-state index is -1.12. The molecule has 2 aromatic rings. The first-order valence-electron chi connectivity index (χ1n) is 9.61. The minimum absolute atomic E-state index is 0.0625. The molecule has 6 atom stereocenters. The second-order valence-electron chi connectivity index (χ2n) is 7.24. The molecule has 30 heavy (non-hydrogen) atoms. The Balaban J connectivity index is 1.51. The summed E-state index contributed by atoms with van der Waals surface area (Å²) in [7, 11) is 0. The molecule has 1 aromatic heterocycles. The fourth-order valence-corrected chi connectivity index (χ4v) is 3.55. The van der Waals surface area contributed by atoms with Crippen LogP contribution in [0, 0.1) is 0 Å². The Kier molecular flexibility index (Phi) is 5.87. The van der Waals surface area contributed by atoms with Gasteiger partial charge in [-0.3, -0.25) is 9.59 Å². The van der Waals surface area contributed by atoms with E-state index in [1.54, 1.807) is 36.4 Å². The van der Waals surface area contributed by atoms with E-state index in [1.165, 1.54) is 20.1 Å². The molecule has 6 unspecified atom stereocenters. The van der Waals surface area contributed by atoms with Crippen LogP contribution in [0.1, 0.15) is 36.3 Å². The van der Waals surface area contributed by atoms with Crippen molar-refractivity contribution >= 4 is 11.7 Å². The summed E-state index contributed by atoms with van der Waals surface area (Å²) in [5.74, 6) is 0.488. The molecule has 4 rings (SSSR count). The van der Waals surface area contributed by atoms with E-state index < -0.39 is 36.9 Å². The van der Waals surface area contributed by atoms with E-state index in [0.717, 1.165) is 0 Å². The Morgan fingerprint density at radius 2 is 1.90 bits per heavy atom. The lowest BCUT2D eigenvalue weighted by Crippen LogP contribution is -2.67. The van der Waals surface area contributed by atoms with Gasteiger partial charge in [0.05, 0.1) is 12.9 Å². The molecule has 9 nitrogen and oxygen atoms in total. The number of carbonyl (C=O) groups is 2. The first-order valence-corrected chi connectivity index (χ1v) is 9.61. The number of hydrogen-bond acceptors (Lipinski definition) is 8. The summed E-state index contributed by atoms with van der Waals surface area (Å²) in [5, 5.41) is 13.6. The largest absolute Gasteiger partial charge is 0.464 e. The predicted octanol–water partition coefficient (Wildman–Crippen LogP) is 1.57. The molecule has 0 radical (unpaired) electrons. The molecule has 3 heterocycles. The van der Waals surface area contributed by atoms with Crippen molar-refractivity contribution in [2.75, 3.05) is 6.61 Å². The predicted molar refractivity (Wildman–Crippen MR) is 102 cm³/mol. The number of hydrogen-bond donors (Lipinski definition) is 2. The highest BCUT2D eigenvalue weighted by molar-refractivity contribution is 5.94. The zero-order chi connectivity index (χ0) is 21.3. The van der Waals surface area contributed by atoms with Crippen LogP contribution in [0.4, 0.5) is 0 Å². The normalized spacial score (nSPS) is 30.9. The van der Waals surface area contributed by atoms with E-state index in [2.05, 4.69) is 5.32 Å². The van der Waals surface area contributed by atoms with Crippen LogP contribution in [-0.2, 0) is 19.0 Å². The summed E-state index contributed by atoms with van der Waals surface area (Å²) in [6, 6.07) is 9.06. The van der Waals surface area contributed by atoms with Crippen LogP contribution in [0.15, 0.2) is 47.1 Å². The van der Waals surface area contributed by atoms with E-state index in [1.807, 2.05) is 0 Å². The van der Waals surface area contributed by atoms with Gasteiger partial charge in [-0.25, -0.2) is 0 Å². The summed E-state index contributed by atoms with van der Waals surface area (Å²) >= 11 is 0. The van der Waals surface area contributed by atoms with Gasteiger partial charge in [0.2, 0.25) is 18.5 Å². The quantitative estimate of drug-likeness (QED) is 0.704. The van der Waals surface area contributed by atoms with Gasteiger partial charge in [0.15, 0.2) is 11.5 Å². The van der Waals surface area contributed by atoms with Gasteiger partial charge in [0, 0.05) is 12.5 Å². The van der Waals surface area contributed by atoms with Crippen molar-refractivity contribution in [3.05, 3.63) is 54.0 Å². The van der Waals surface area contributed by atoms with Crippen LogP contribution >= 0.6 is 0 Å². The number of amides is 1. The van der Waals surface area contributed by atoms with Gasteiger partial charge >= 0.3 is 0 Å². The Labute approximate surface area is 172 Å². The van der Waals surface area contributed by atoms with Gasteiger partial charge in [0.25, 0.3) is 0 Å². The standard InChI is InChI=1S/C21H23NO8/c1-11(23)13-5-7-14(8-6-13)28-21-17(22-12(2)24)18(25)19-16(29-21)10-27-20(30-19)15-4-3-9-26-15/h3-9,16-21,25H,10H2,1-2H3,(H,22,24). The molecule has 9 heteroatoms. The smallest absolute Gasteiger partial charge is 0.223 e. The summed E-state index contributed by atoms with van der Waals surface area (Å²) in [5.41, 5.74) is 0.545. The number of aliphatic hydroxyl groups is 1. The molecule has 0 bridgehead atoms. The van der Waals surface area contributed by atoms with Crippen LogP contribution in [0.3, 0.4) is 0 Å². The number of benzene rings is 1. The molecular formula is C21H23NO8. The summed E-state index contributed by atoms with van der Waals surface area (Å²) in [4.78, 5) is 23.2. The van der Waals surface area contributed by atoms with E-state index in [9.17, 15) is 14.7 Å². The molecule has 160 valence electrons. The number of ketones is 1. The van der Waals surface area contributed by atoms with Crippen molar-refractivity contribution < 1.29 is 38.1 Å². The number of ether oxygens (including phenoxy) is 4. The average Bonchev–Trinajstić information content (AvgIpc) is 3.26. The number of aliphatic hydroxyl groups excluding tert-OH is 1. The van der Waals surface area contributed by atoms with Gasteiger partial charge in [-0.1, -0.05) is 0 Å². The fourth-order valence-electron chi connectivity index (χ4n) is 3.55. The second kappa shape index (κ2) is 8.57. The van der Waals surface area contributed by atoms with Crippen LogP contribution < -0.4 is 10.1 Å². The van der Waals surface area contributed by atoms with Gasteiger partial charge < -0.3 is 33.8 Å². The average molecular weight is 417 g/mol. The monoisotopic (exact) mass is 417 g/mol. The summed E-state index contributed by atoms with van der Waals surface area (Å²) < 4.78 is 28.7. The van der Waals surface area contributed by atoms with Crippen LogP contribution in [0.2, 0.25) is 0 Å². The third kappa shape index (κ3) is 4.24. The fraction of sp³-hybridized carbons (Fsp3) is 0.429. The summed E-state index contributed by atoms with van der Waals surface area (Å²) in [6.07, 6.45) is -2.75. The van der Waals surface area contributed by atoms with Gasteiger partial charge in [-0.05, 0) is 43.3 Å². The number of furan rings is 1. The van der Waals surface area contributed by atoms with Gasteiger partial charge in [-0.2, -0.15) is 0 Å². The number of nitrogens with one attached hydrogen (secondary N) is 1. The number of rotatable bonds is 5. The summed E-state index contributed by atoms with van der Waals surface area (Å²) in [6.45, 7) is 2.96. The Bertz CT molecular complexity index is 881. The minimum Gasteiger partial charge on any atom is -0.464 e. The molecule has 0 spiro atoms. The highest BCUT2D eigenvalue weighted by Crippen LogP contribution is 2.35. The van der Waals surface area contributed by atoms with E-state index in [4.69, 9.17) is 23.4 Å². The third-order valence-corrected chi connectivity index (χ3v) is 5.02. The van der Waals surface area contributed by atoms with Crippen LogP contribution in [0.25, 0.3) is 0 Å². The molecule has 0 aliphatic carbocycles. The van der Waals surface area contributed by atoms with Crippen LogP contribution in [0.5, 0.6) is 5.75 Å². The Morgan fingerprint density at radius 1 is 1.13 bits per heavy atom. The van der Waals surface area contributed by atoms with Crippen molar-refractivity contribution in [1.29, 1.82) is 0 Å². The molecule has 2 N–H and O–H groups in total. The van der Waals surface area contributed by atoms with Crippen molar-refractivity contribution in [2.24, 2.45) is 0 Å². The van der Waals surface area contributed by atoms with Crippen molar-refractivity contribution in [1.82, 2.24) is 5.32 Å². The van der Waals surface area contributed by atoms with Crippen LogP contribution in [-0.4, -0.2) is 54.0 Å². The van der Waals surface area contributed by atoms with Crippen molar-refractivity contribution in [3.63, 3.8) is 0 Å². The van der Waals surface area contributed by atoms with Gasteiger partial charge in [0.1, 0.15) is 30.1 Å². The highest BCUT2D eigenvalue weighted by Gasteiger charge is 2.51. The number of Topliss-reactive ketones (excluding diaryl/α,β-unsaturated/α-hetero) is 1. The lowest BCUT2D eigenvalue weighted by atomic mass is 9.96. The van der Waals surface area contributed by atoms with Crippen molar-refractivity contribution in [2.45, 2.75) is 50.8 Å². The Morgan fingerprint density at radius 3 is 2.53 bits per heavy atom. The Hall–Kier alpha value is -2.72. The molecule has 2 saturated heterocycles. The highest BCUT2D eigenvalue weighted by atomic mass is 16.8. The van der Waals surface area contributed by atoms with E-state index in [-0.39, 0.29) is 18.3 Å². The van der Waals surface area contributed by atoms with E-state index >= 15 is 0 Å². The molecule has 1 amide bonds. The van der Waals surface area contributed by atoms with Crippen molar-refractivity contribution in [3.8, 4) is 5.75 Å². The second-order valence-corrected chi connectivity index (χ2v) is 7.24. The maximum absolute atomic E-state index is 11.7. The lowest BCUT2D eigenvalue weighted by Gasteiger charge is -2.47. The lowest BCUT2D eigenvalue weighted by molar-refractivity contribution is -0.336. The van der Waals surface area contributed by atoms with E-state index in [0.29, 0.717) is 17.1 Å². The molecular weight excluding hydrogens is 394 g/mol. The first kappa shape index (κ1) is 20.5.